The largest absolute Gasteiger partial charge is 0.486 e. The van der Waals surface area contributed by atoms with E-state index < -0.39 is 0 Å². The highest BCUT2D eigenvalue weighted by molar-refractivity contribution is 5.94. The first-order chi connectivity index (χ1) is 17.0. The van der Waals surface area contributed by atoms with Crippen LogP contribution in [0, 0.1) is 25.2 Å². The summed E-state index contributed by atoms with van der Waals surface area (Å²) in [5.74, 6) is 1.48. The van der Waals surface area contributed by atoms with Crippen LogP contribution >= 0.6 is 0 Å². The van der Waals surface area contributed by atoms with Crippen LogP contribution in [0.5, 0.6) is 5.75 Å². The summed E-state index contributed by atoms with van der Waals surface area (Å²) in [7, 11) is 0. The molecule has 0 aliphatic carbocycles. The minimum Gasteiger partial charge on any atom is -0.486 e. The molecular formula is C26H26N8O. The maximum Gasteiger partial charge on any atom is 0.146 e. The summed E-state index contributed by atoms with van der Waals surface area (Å²) in [6.07, 6.45) is 4.59. The van der Waals surface area contributed by atoms with Gasteiger partial charge in [0.2, 0.25) is 0 Å². The van der Waals surface area contributed by atoms with E-state index in [0.717, 1.165) is 63.6 Å². The van der Waals surface area contributed by atoms with Gasteiger partial charge in [0.1, 0.15) is 29.4 Å². The number of H-pyrrole nitrogens is 1. The van der Waals surface area contributed by atoms with E-state index in [0.29, 0.717) is 17.6 Å². The predicted molar refractivity (Wildman–Crippen MR) is 132 cm³/mol. The maximum atomic E-state index is 9.87. The highest BCUT2D eigenvalue weighted by Crippen LogP contribution is 2.34. The summed E-state index contributed by atoms with van der Waals surface area (Å²) in [6.45, 7) is 7.74. The Morgan fingerprint density at radius 3 is 2.71 bits per heavy atom. The van der Waals surface area contributed by atoms with Crippen molar-refractivity contribution < 1.29 is 4.74 Å². The van der Waals surface area contributed by atoms with Crippen LogP contribution in [-0.4, -0.2) is 50.6 Å². The Hall–Kier alpha value is -4.03. The minimum absolute atomic E-state index is 0.185. The maximum absolute atomic E-state index is 9.87. The summed E-state index contributed by atoms with van der Waals surface area (Å²) in [5.41, 5.74) is 5.95. The smallest absolute Gasteiger partial charge is 0.146 e. The van der Waals surface area contributed by atoms with E-state index in [4.69, 9.17) is 9.72 Å². The summed E-state index contributed by atoms with van der Waals surface area (Å²) in [4.78, 5) is 6.91. The first-order valence-electron chi connectivity index (χ1n) is 11.8. The third-order valence-electron chi connectivity index (χ3n) is 7.01. The molecule has 3 saturated heterocycles. The second-order valence-corrected chi connectivity index (χ2v) is 9.47. The van der Waals surface area contributed by atoms with E-state index >= 15 is 0 Å². The second-order valence-electron chi connectivity index (χ2n) is 9.47. The third kappa shape index (κ3) is 3.76. The molecule has 6 heterocycles. The van der Waals surface area contributed by atoms with Crippen LogP contribution in [0.3, 0.4) is 0 Å². The van der Waals surface area contributed by atoms with E-state index in [1.807, 2.05) is 51.2 Å². The van der Waals surface area contributed by atoms with Gasteiger partial charge in [-0.1, -0.05) is 0 Å². The Kier molecular flexibility index (Phi) is 5.11. The van der Waals surface area contributed by atoms with E-state index in [1.54, 1.807) is 6.20 Å². The van der Waals surface area contributed by atoms with Gasteiger partial charge in [-0.05, 0) is 57.0 Å². The number of hydrogen-bond donors (Lipinski definition) is 2. The van der Waals surface area contributed by atoms with Gasteiger partial charge < -0.3 is 15.0 Å². The number of fused-ring (bicyclic) bond motifs is 3. The van der Waals surface area contributed by atoms with Crippen LogP contribution in [0.2, 0.25) is 0 Å². The fourth-order valence-corrected chi connectivity index (χ4v) is 5.38. The number of piperidine rings is 1. The summed E-state index contributed by atoms with van der Waals surface area (Å²) in [6, 6.07) is 11.1. The number of aryl methyl sites for hydroxylation is 2. The molecule has 0 saturated carbocycles. The molecule has 7 rings (SSSR count). The zero-order chi connectivity index (χ0) is 24.1. The molecule has 2 bridgehead atoms. The highest BCUT2D eigenvalue weighted by Gasteiger charge is 2.37. The SMILES string of the molecule is Cc1cnnc(C)c1C(C)Oc1ccc2[nH]nc(-c3cnc(N4CC5CC(C4)N5)c(C#N)c3)c2c1. The van der Waals surface area contributed by atoms with Crippen molar-refractivity contribution in [3.8, 4) is 23.1 Å². The van der Waals surface area contributed by atoms with Gasteiger partial charge in [0.05, 0.1) is 23.0 Å². The van der Waals surface area contributed by atoms with E-state index in [-0.39, 0.29) is 6.10 Å². The lowest BCUT2D eigenvalue weighted by Crippen LogP contribution is -2.67. The van der Waals surface area contributed by atoms with Crippen molar-refractivity contribution >= 4 is 16.7 Å². The number of nitriles is 1. The summed E-state index contributed by atoms with van der Waals surface area (Å²) in [5, 5.41) is 30.1. The van der Waals surface area contributed by atoms with Gasteiger partial charge in [-0.3, -0.25) is 5.10 Å². The quantitative estimate of drug-likeness (QED) is 0.458. The molecule has 0 radical (unpaired) electrons. The lowest BCUT2D eigenvalue weighted by Gasteiger charge is -2.48. The summed E-state index contributed by atoms with van der Waals surface area (Å²) < 4.78 is 6.30. The van der Waals surface area contributed by atoms with Crippen molar-refractivity contribution in [3.05, 3.63) is 59.0 Å². The number of pyridine rings is 1. The van der Waals surface area contributed by atoms with E-state index in [1.165, 1.54) is 6.42 Å². The van der Waals surface area contributed by atoms with Crippen LogP contribution in [0.15, 0.2) is 36.7 Å². The Labute approximate surface area is 203 Å². The Balaban J connectivity index is 1.31. The average Bonchev–Trinajstić information content (AvgIpc) is 3.26. The monoisotopic (exact) mass is 466 g/mol. The van der Waals surface area contributed by atoms with E-state index in [2.05, 4.69) is 36.7 Å². The molecule has 0 amide bonds. The van der Waals surface area contributed by atoms with Crippen LogP contribution < -0.4 is 15.0 Å². The molecule has 176 valence electrons. The molecule has 3 unspecified atom stereocenters. The minimum atomic E-state index is -0.185. The number of aromatic nitrogens is 5. The fraction of sp³-hybridized carbons (Fsp3) is 0.346. The molecule has 2 N–H and O–H groups in total. The second kappa shape index (κ2) is 8.32. The first-order valence-corrected chi connectivity index (χ1v) is 11.8. The molecule has 3 fully saturated rings. The molecule has 35 heavy (non-hydrogen) atoms. The number of nitrogens with one attached hydrogen (secondary N) is 2. The van der Waals surface area contributed by atoms with Crippen molar-refractivity contribution in [3.63, 3.8) is 0 Å². The number of ether oxygens (including phenoxy) is 1. The number of benzene rings is 1. The van der Waals surface area contributed by atoms with Crippen molar-refractivity contribution in [1.29, 1.82) is 5.26 Å². The van der Waals surface area contributed by atoms with Gasteiger partial charge >= 0.3 is 0 Å². The van der Waals surface area contributed by atoms with E-state index in [9.17, 15) is 5.26 Å². The van der Waals surface area contributed by atoms with Gasteiger partial charge in [-0.25, -0.2) is 4.98 Å². The van der Waals surface area contributed by atoms with Crippen molar-refractivity contribution in [2.75, 3.05) is 18.0 Å². The first kappa shape index (κ1) is 21.5. The molecule has 1 aromatic carbocycles. The van der Waals surface area contributed by atoms with Gasteiger partial charge in [-0.15, -0.1) is 0 Å². The van der Waals surface area contributed by atoms with Gasteiger partial charge in [0.25, 0.3) is 0 Å². The Morgan fingerprint density at radius 2 is 1.97 bits per heavy atom. The summed E-state index contributed by atoms with van der Waals surface area (Å²) >= 11 is 0. The van der Waals surface area contributed by atoms with Gasteiger partial charge in [0.15, 0.2) is 0 Å². The zero-order valence-electron chi connectivity index (χ0n) is 19.9. The molecule has 9 nitrogen and oxygen atoms in total. The highest BCUT2D eigenvalue weighted by atomic mass is 16.5. The third-order valence-corrected chi connectivity index (χ3v) is 7.01. The molecule has 4 aromatic rings. The Morgan fingerprint density at radius 1 is 1.17 bits per heavy atom. The molecule has 9 heteroatoms. The van der Waals surface area contributed by atoms with Crippen LogP contribution in [0.4, 0.5) is 5.82 Å². The Bertz CT molecular complexity index is 1440. The lowest BCUT2D eigenvalue weighted by atomic mass is 9.91. The molecule has 0 spiro atoms. The molecule has 3 aromatic heterocycles. The van der Waals surface area contributed by atoms with Crippen LogP contribution in [-0.2, 0) is 0 Å². The van der Waals surface area contributed by atoms with Crippen LogP contribution in [0.25, 0.3) is 22.2 Å². The number of hydrogen-bond acceptors (Lipinski definition) is 8. The number of anilines is 1. The molecule has 3 aliphatic heterocycles. The number of aromatic amines is 1. The average molecular weight is 467 g/mol. The topological polar surface area (TPSA) is 116 Å². The number of piperazine rings is 1. The molecule has 3 aliphatic rings. The van der Waals surface area contributed by atoms with Crippen LogP contribution in [0.1, 0.15) is 41.8 Å². The molecular weight excluding hydrogens is 440 g/mol. The van der Waals surface area contributed by atoms with Gasteiger partial charge in [-0.2, -0.15) is 20.6 Å². The van der Waals surface area contributed by atoms with Gasteiger partial charge in [0, 0.05) is 47.9 Å². The fourth-order valence-electron chi connectivity index (χ4n) is 5.38. The lowest BCUT2D eigenvalue weighted by molar-refractivity contribution is 0.224. The predicted octanol–water partition coefficient (Wildman–Crippen LogP) is 3.59. The zero-order valence-corrected chi connectivity index (χ0v) is 19.9. The van der Waals surface area contributed by atoms with Crippen molar-refractivity contribution in [2.45, 2.75) is 45.4 Å². The molecule has 3 atom stereocenters. The van der Waals surface area contributed by atoms with Crippen molar-refractivity contribution in [1.82, 2.24) is 30.7 Å². The normalized spacial score (nSPS) is 19.8. The standard InChI is InChI=1S/C26H26N8O/c1-14-10-29-31-15(2)24(14)16(3)35-21-4-5-23-22(8-21)25(33-32-23)18-6-17(9-27)26(28-11-18)34-12-19-7-20(13-34)30-19/h4-6,8,10-11,16,19-20,30H,7,12-13H2,1-3H3,(H,32,33). The van der Waals surface area contributed by atoms with Crippen molar-refractivity contribution in [2.24, 2.45) is 0 Å². The number of rotatable bonds is 5. The number of nitrogens with zero attached hydrogens (tertiary/aromatic N) is 6.